The molecule has 1 aromatic rings. The summed E-state index contributed by atoms with van der Waals surface area (Å²) in [7, 11) is 0. The number of rotatable bonds is 3. The highest BCUT2D eigenvalue weighted by molar-refractivity contribution is 7.85. The number of hydrogen-bond acceptors (Lipinski definition) is 4. The third kappa shape index (κ3) is 3.07. The van der Waals surface area contributed by atoms with Gasteiger partial charge >= 0.3 is 0 Å². The molecule has 2 aliphatic heterocycles. The predicted molar refractivity (Wildman–Crippen MR) is 81.0 cm³/mol. The normalized spacial score (nSPS) is 22.9. The molecule has 0 aliphatic carbocycles. The van der Waals surface area contributed by atoms with E-state index in [0.717, 1.165) is 35.8 Å². The highest BCUT2D eigenvalue weighted by Gasteiger charge is 2.31. The van der Waals surface area contributed by atoms with Crippen molar-refractivity contribution in [3.05, 3.63) is 23.5 Å². The van der Waals surface area contributed by atoms with E-state index in [0.29, 0.717) is 12.3 Å². The highest BCUT2D eigenvalue weighted by Crippen LogP contribution is 2.34. The Morgan fingerprint density at radius 3 is 2.68 bits per heavy atom. The van der Waals surface area contributed by atoms with Gasteiger partial charge in [0, 0.05) is 0 Å². The smallest absolute Gasteiger partial charge is 0.253 e. The van der Waals surface area contributed by atoms with Crippen molar-refractivity contribution >= 4 is 22.8 Å². The van der Waals surface area contributed by atoms with E-state index in [2.05, 4.69) is 10.0 Å². The summed E-state index contributed by atoms with van der Waals surface area (Å²) in [5.41, 5.74) is 0.528. The number of benzene rings is 1. The Morgan fingerprint density at radius 2 is 2.09 bits per heavy atom. The molecule has 2 heterocycles. The van der Waals surface area contributed by atoms with Crippen LogP contribution in [0.25, 0.3) is 0 Å². The van der Waals surface area contributed by atoms with Gasteiger partial charge in [-0.15, -0.1) is 0 Å². The van der Waals surface area contributed by atoms with E-state index in [1.54, 1.807) is 0 Å². The fourth-order valence-corrected chi connectivity index (χ4v) is 3.91. The first-order valence-corrected chi connectivity index (χ1v) is 8.36. The van der Waals surface area contributed by atoms with Gasteiger partial charge in [0.05, 0.1) is 0 Å². The number of halogens is 1. The first-order chi connectivity index (χ1) is 10.5. The lowest BCUT2D eigenvalue weighted by Crippen LogP contribution is -2.28. The van der Waals surface area contributed by atoms with Crippen LogP contribution in [0.2, 0.25) is 0 Å². The predicted octanol–water partition coefficient (Wildman–Crippen LogP) is 0.588. The third-order valence-corrected chi connectivity index (χ3v) is 5.14. The Bertz CT molecular complexity index is 596. The largest absolute Gasteiger partial charge is 0.506 e. The van der Waals surface area contributed by atoms with Gasteiger partial charge in [0.2, 0.25) is 11.2 Å². The number of nitrogens with one attached hydrogen (secondary N) is 2. The van der Waals surface area contributed by atoms with E-state index < -0.39 is 22.9 Å². The maximum atomic E-state index is 14.3. The van der Waals surface area contributed by atoms with Gasteiger partial charge in [0.1, 0.15) is 18.0 Å². The average molecular weight is 327 g/mol. The lowest BCUT2D eigenvalue weighted by molar-refractivity contribution is -0.117. The second-order valence-corrected chi connectivity index (χ2v) is 6.80. The zero-order valence-corrected chi connectivity index (χ0v) is 12.8. The van der Waals surface area contributed by atoms with Crippen molar-refractivity contribution in [3.8, 4) is 5.75 Å². The van der Waals surface area contributed by atoms with Gasteiger partial charge in [-0.05, 0) is 56.0 Å². The van der Waals surface area contributed by atoms with E-state index in [4.69, 9.17) is 0 Å². The van der Waals surface area contributed by atoms with Gasteiger partial charge in [-0.25, -0.2) is 8.60 Å². The second kappa shape index (κ2) is 6.21. The van der Waals surface area contributed by atoms with Crippen LogP contribution in [0, 0.1) is 11.7 Å². The van der Waals surface area contributed by atoms with Gasteiger partial charge < -0.3 is 10.4 Å². The Hall–Kier alpha value is -1.67. The zero-order chi connectivity index (χ0) is 15.7. The molecule has 0 bridgehead atoms. The number of hydrogen-bond donors (Lipinski definition) is 3. The van der Waals surface area contributed by atoms with E-state index in [9.17, 15) is 18.5 Å². The lowest BCUT2D eigenvalue weighted by atomic mass is 9.91. The summed E-state index contributed by atoms with van der Waals surface area (Å²) in [5, 5.41) is 13.4. The minimum atomic E-state index is -1.85. The molecule has 6 nitrogen and oxygen atoms in total. The molecular formula is C14H18FN3O3S. The molecule has 1 aromatic carbocycles. The van der Waals surface area contributed by atoms with Gasteiger partial charge in [0.15, 0.2) is 5.82 Å². The number of nitrogens with zero attached hydrogens (tertiary/aromatic N) is 1. The summed E-state index contributed by atoms with van der Waals surface area (Å²) in [6, 6.07) is 2.86. The molecular weight excluding hydrogens is 309 g/mol. The maximum Gasteiger partial charge on any atom is 0.253 e. The van der Waals surface area contributed by atoms with Crippen LogP contribution in [0.3, 0.4) is 0 Å². The Labute approximate surface area is 130 Å². The highest BCUT2D eigenvalue weighted by atomic mass is 32.2. The van der Waals surface area contributed by atoms with Gasteiger partial charge in [-0.3, -0.25) is 13.8 Å². The van der Waals surface area contributed by atoms with Crippen molar-refractivity contribution in [2.75, 3.05) is 23.9 Å². The van der Waals surface area contributed by atoms with Crippen LogP contribution in [-0.2, 0) is 22.4 Å². The first kappa shape index (κ1) is 15.2. The summed E-state index contributed by atoms with van der Waals surface area (Å²) >= 11 is -1.85. The fraction of sp³-hybridized carbons (Fsp3) is 0.500. The Morgan fingerprint density at radius 1 is 1.36 bits per heavy atom. The second-order valence-electron chi connectivity index (χ2n) is 5.65. The molecule has 3 N–H and O–H groups in total. The molecule has 2 fully saturated rings. The minimum Gasteiger partial charge on any atom is -0.506 e. The molecule has 0 saturated carbocycles. The number of anilines is 1. The molecule has 8 heteroatoms. The minimum absolute atomic E-state index is 0.189. The number of phenols is 1. The summed E-state index contributed by atoms with van der Waals surface area (Å²) in [5.74, 6) is -0.937. The fourth-order valence-electron chi connectivity index (χ4n) is 2.96. The molecule has 1 unspecified atom stereocenters. The zero-order valence-electron chi connectivity index (χ0n) is 12.0. The number of aromatic hydroxyl groups is 1. The molecule has 1 atom stereocenters. The van der Waals surface area contributed by atoms with Crippen LogP contribution in [-0.4, -0.2) is 34.9 Å². The first-order valence-electron chi connectivity index (χ1n) is 7.25. The summed E-state index contributed by atoms with van der Waals surface area (Å²) in [4.78, 5) is 11.2. The number of carbonyl (C=O) groups is 1. The summed E-state index contributed by atoms with van der Waals surface area (Å²) < 4.78 is 29.2. The summed E-state index contributed by atoms with van der Waals surface area (Å²) in [6.07, 6.45) is 2.75. The molecule has 22 heavy (non-hydrogen) atoms. The molecule has 2 aliphatic rings. The molecule has 120 valence electrons. The number of carbonyl (C=O) groups excluding carboxylic acids is 1. The Balaban J connectivity index is 1.82. The quantitative estimate of drug-likeness (QED) is 0.759. The van der Waals surface area contributed by atoms with Gasteiger partial charge in [0.25, 0.3) is 5.91 Å². The van der Waals surface area contributed by atoms with Crippen LogP contribution in [0.4, 0.5) is 10.1 Å². The average Bonchev–Trinajstić information content (AvgIpc) is 2.78. The van der Waals surface area contributed by atoms with Gasteiger partial charge in [-0.2, -0.15) is 0 Å². The maximum absolute atomic E-state index is 14.3. The van der Waals surface area contributed by atoms with Crippen LogP contribution < -0.4 is 14.3 Å². The van der Waals surface area contributed by atoms with E-state index in [1.807, 2.05) is 0 Å². The molecule has 3 rings (SSSR count). The number of phenolic OH excluding ortho intramolecular Hbond substituents is 1. The van der Waals surface area contributed by atoms with Crippen molar-refractivity contribution in [2.24, 2.45) is 5.92 Å². The van der Waals surface area contributed by atoms with Crippen molar-refractivity contribution in [1.29, 1.82) is 0 Å². The van der Waals surface area contributed by atoms with Crippen LogP contribution in [0.15, 0.2) is 12.1 Å². The van der Waals surface area contributed by atoms with E-state index in [1.165, 1.54) is 12.1 Å². The van der Waals surface area contributed by atoms with Crippen molar-refractivity contribution in [1.82, 2.24) is 10.0 Å². The van der Waals surface area contributed by atoms with Crippen molar-refractivity contribution < 1.29 is 18.5 Å². The molecule has 1 amide bonds. The molecule has 0 radical (unpaired) electrons. The van der Waals surface area contributed by atoms with Crippen molar-refractivity contribution in [2.45, 2.75) is 19.3 Å². The number of piperidine rings is 1. The SMILES string of the molecule is O=C1CN(c2c(O)cc(CC3CCNCC3)cc2F)S(=O)N1. The Kier molecular flexibility index (Phi) is 4.30. The van der Waals surface area contributed by atoms with E-state index >= 15 is 0 Å². The van der Waals surface area contributed by atoms with Crippen LogP contribution in [0.5, 0.6) is 5.75 Å². The van der Waals surface area contributed by atoms with Crippen molar-refractivity contribution in [3.63, 3.8) is 0 Å². The molecule has 0 aromatic heterocycles. The van der Waals surface area contributed by atoms with Gasteiger partial charge in [-0.1, -0.05) is 0 Å². The third-order valence-electron chi connectivity index (χ3n) is 4.02. The standard InChI is InChI=1S/C14H18FN3O3S/c15-11-6-10(5-9-1-3-16-4-2-9)7-12(19)14(11)18-8-13(20)17-22(18)21/h6-7,9,16,19H,1-5,8H2,(H,17,20). The van der Waals surface area contributed by atoms with Crippen LogP contribution in [0.1, 0.15) is 18.4 Å². The van der Waals surface area contributed by atoms with E-state index in [-0.39, 0.29) is 18.0 Å². The lowest BCUT2D eigenvalue weighted by Gasteiger charge is -2.23. The molecule has 2 saturated heterocycles. The van der Waals surface area contributed by atoms with Crippen LogP contribution >= 0.6 is 0 Å². The molecule has 0 spiro atoms. The number of amides is 1. The summed E-state index contributed by atoms with van der Waals surface area (Å²) in [6.45, 7) is 1.68. The monoisotopic (exact) mass is 327 g/mol. The topological polar surface area (TPSA) is 81.7 Å².